The zero-order chi connectivity index (χ0) is 11.8. The van der Waals surface area contributed by atoms with Crippen LogP contribution in [0.4, 0.5) is 4.79 Å². The highest BCUT2D eigenvalue weighted by Crippen LogP contribution is 2.00. The summed E-state index contributed by atoms with van der Waals surface area (Å²) in [5.41, 5.74) is 0. The van der Waals surface area contributed by atoms with Gasteiger partial charge in [-0.05, 0) is 5.92 Å². The molecule has 3 N–H and O–H groups in total. The summed E-state index contributed by atoms with van der Waals surface area (Å²) >= 11 is 0. The molecule has 0 saturated heterocycles. The SMILES string of the molecule is C#CCCNC(=O)N[C@H](C(=O)O)C(C)C. The van der Waals surface area contributed by atoms with Crippen LogP contribution in [-0.2, 0) is 4.79 Å². The van der Waals surface area contributed by atoms with Crippen LogP contribution < -0.4 is 10.6 Å². The molecule has 0 aliphatic carbocycles. The third kappa shape index (κ3) is 5.57. The maximum Gasteiger partial charge on any atom is 0.326 e. The minimum absolute atomic E-state index is 0.166. The first-order valence-electron chi connectivity index (χ1n) is 4.69. The van der Waals surface area contributed by atoms with E-state index in [4.69, 9.17) is 11.5 Å². The summed E-state index contributed by atoms with van der Waals surface area (Å²) in [5.74, 6) is 1.15. The Morgan fingerprint density at radius 3 is 2.47 bits per heavy atom. The molecule has 0 aliphatic rings. The lowest BCUT2D eigenvalue weighted by molar-refractivity contribution is -0.140. The minimum Gasteiger partial charge on any atom is -0.480 e. The summed E-state index contributed by atoms with van der Waals surface area (Å²) in [6.45, 7) is 3.79. The lowest BCUT2D eigenvalue weighted by atomic mass is 10.1. The Morgan fingerprint density at radius 1 is 1.47 bits per heavy atom. The van der Waals surface area contributed by atoms with Crippen molar-refractivity contribution in [1.29, 1.82) is 0 Å². The number of hydrogen-bond donors (Lipinski definition) is 3. The van der Waals surface area contributed by atoms with E-state index in [9.17, 15) is 9.59 Å². The third-order valence-corrected chi connectivity index (χ3v) is 1.77. The fourth-order valence-electron chi connectivity index (χ4n) is 0.954. The summed E-state index contributed by atoms with van der Waals surface area (Å²) in [4.78, 5) is 21.9. The summed E-state index contributed by atoms with van der Waals surface area (Å²) in [5, 5.41) is 13.6. The highest BCUT2D eigenvalue weighted by atomic mass is 16.4. The lowest BCUT2D eigenvalue weighted by Crippen LogP contribution is -2.48. The zero-order valence-corrected chi connectivity index (χ0v) is 8.91. The van der Waals surface area contributed by atoms with E-state index in [2.05, 4.69) is 16.6 Å². The van der Waals surface area contributed by atoms with E-state index in [1.165, 1.54) is 0 Å². The van der Waals surface area contributed by atoms with Gasteiger partial charge in [0.05, 0.1) is 0 Å². The molecule has 0 rings (SSSR count). The number of aliphatic carboxylic acids is 1. The number of terminal acetylenes is 1. The van der Waals surface area contributed by atoms with Crippen molar-refractivity contribution in [3.05, 3.63) is 0 Å². The fourth-order valence-corrected chi connectivity index (χ4v) is 0.954. The molecule has 0 bridgehead atoms. The molecule has 5 nitrogen and oxygen atoms in total. The number of carbonyl (C=O) groups is 2. The molecule has 0 radical (unpaired) electrons. The Morgan fingerprint density at radius 2 is 2.07 bits per heavy atom. The summed E-state index contributed by atoms with van der Waals surface area (Å²) in [6.07, 6.45) is 5.42. The van der Waals surface area contributed by atoms with E-state index in [1.54, 1.807) is 13.8 Å². The molecule has 0 aromatic carbocycles. The molecular weight excluding hydrogens is 196 g/mol. The van der Waals surface area contributed by atoms with E-state index in [1.807, 2.05) is 0 Å². The van der Waals surface area contributed by atoms with Gasteiger partial charge in [-0.1, -0.05) is 13.8 Å². The Balaban J connectivity index is 4.02. The summed E-state index contributed by atoms with van der Waals surface area (Å²) in [6, 6.07) is -1.39. The number of urea groups is 1. The van der Waals surface area contributed by atoms with Crippen molar-refractivity contribution in [2.24, 2.45) is 5.92 Å². The van der Waals surface area contributed by atoms with Crippen LogP contribution >= 0.6 is 0 Å². The van der Waals surface area contributed by atoms with Crippen molar-refractivity contribution in [2.75, 3.05) is 6.54 Å². The largest absolute Gasteiger partial charge is 0.480 e. The van der Waals surface area contributed by atoms with Gasteiger partial charge in [-0.15, -0.1) is 12.3 Å². The fraction of sp³-hybridized carbons (Fsp3) is 0.600. The molecule has 5 heteroatoms. The van der Waals surface area contributed by atoms with E-state index in [0.29, 0.717) is 13.0 Å². The number of hydrogen-bond acceptors (Lipinski definition) is 2. The highest BCUT2D eigenvalue weighted by Gasteiger charge is 2.22. The van der Waals surface area contributed by atoms with Gasteiger partial charge in [0.1, 0.15) is 6.04 Å². The van der Waals surface area contributed by atoms with E-state index >= 15 is 0 Å². The molecule has 0 saturated carbocycles. The van der Waals surface area contributed by atoms with Crippen molar-refractivity contribution in [3.8, 4) is 12.3 Å². The van der Waals surface area contributed by atoms with Crippen LogP contribution in [0.15, 0.2) is 0 Å². The molecular formula is C10H16N2O3. The molecule has 0 heterocycles. The molecule has 0 spiro atoms. The first-order chi connectivity index (χ1) is 6.99. The molecule has 0 aliphatic heterocycles. The van der Waals surface area contributed by atoms with E-state index in [-0.39, 0.29) is 5.92 Å². The van der Waals surface area contributed by atoms with Gasteiger partial charge in [-0.2, -0.15) is 0 Å². The van der Waals surface area contributed by atoms with E-state index < -0.39 is 18.0 Å². The Bertz CT molecular complexity index is 268. The maximum atomic E-state index is 11.2. The van der Waals surface area contributed by atoms with Crippen LogP contribution in [-0.4, -0.2) is 29.7 Å². The second-order valence-electron chi connectivity index (χ2n) is 3.41. The predicted octanol–water partition coefficient (Wildman–Crippen LogP) is 0.418. The van der Waals surface area contributed by atoms with Crippen molar-refractivity contribution in [1.82, 2.24) is 10.6 Å². The second kappa shape index (κ2) is 6.71. The van der Waals surface area contributed by atoms with Gasteiger partial charge in [0, 0.05) is 13.0 Å². The molecule has 1 atom stereocenters. The standard InChI is InChI=1S/C10H16N2O3/c1-4-5-6-11-10(15)12-8(7(2)3)9(13)14/h1,7-8H,5-6H2,2-3H3,(H,13,14)(H2,11,12,15)/t8-/m0/s1. The maximum absolute atomic E-state index is 11.2. The van der Waals surface area contributed by atoms with Gasteiger partial charge in [0.15, 0.2) is 0 Å². The number of carboxylic acid groups (broad SMARTS) is 1. The highest BCUT2D eigenvalue weighted by molar-refractivity contribution is 5.82. The number of amides is 2. The minimum atomic E-state index is -1.04. The Hall–Kier alpha value is -1.70. The van der Waals surface area contributed by atoms with Crippen LogP contribution in [0.2, 0.25) is 0 Å². The number of rotatable bonds is 5. The number of carboxylic acids is 1. The van der Waals surface area contributed by atoms with Crippen molar-refractivity contribution >= 4 is 12.0 Å². The number of nitrogens with one attached hydrogen (secondary N) is 2. The van der Waals surface area contributed by atoms with Gasteiger partial charge in [-0.3, -0.25) is 0 Å². The average Bonchev–Trinajstić information content (AvgIpc) is 2.13. The smallest absolute Gasteiger partial charge is 0.326 e. The molecule has 2 amide bonds. The zero-order valence-electron chi connectivity index (χ0n) is 8.91. The van der Waals surface area contributed by atoms with Gasteiger partial charge in [0.2, 0.25) is 0 Å². The van der Waals surface area contributed by atoms with Gasteiger partial charge in [0.25, 0.3) is 0 Å². The lowest BCUT2D eigenvalue weighted by Gasteiger charge is -2.17. The molecule has 15 heavy (non-hydrogen) atoms. The molecule has 0 unspecified atom stereocenters. The molecule has 0 aromatic heterocycles. The van der Waals surface area contributed by atoms with Gasteiger partial charge < -0.3 is 15.7 Å². The topological polar surface area (TPSA) is 78.4 Å². The van der Waals surface area contributed by atoms with Crippen molar-refractivity contribution < 1.29 is 14.7 Å². The Labute approximate surface area is 89.2 Å². The van der Waals surface area contributed by atoms with Crippen molar-refractivity contribution in [2.45, 2.75) is 26.3 Å². The average molecular weight is 212 g/mol. The summed E-state index contributed by atoms with van der Waals surface area (Å²) in [7, 11) is 0. The third-order valence-electron chi connectivity index (χ3n) is 1.77. The molecule has 0 aromatic rings. The second-order valence-corrected chi connectivity index (χ2v) is 3.41. The molecule has 84 valence electrons. The van der Waals surface area contributed by atoms with Crippen LogP contribution in [0.25, 0.3) is 0 Å². The summed E-state index contributed by atoms with van der Waals surface area (Å²) < 4.78 is 0. The van der Waals surface area contributed by atoms with Crippen LogP contribution in [0, 0.1) is 18.3 Å². The first kappa shape index (κ1) is 13.3. The first-order valence-corrected chi connectivity index (χ1v) is 4.69. The Kier molecular flexibility index (Phi) is 5.95. The predicted molar refractivity (Wildman–Crippen MR) is 56.2 cm³/mol. The normalized spacial score (nSPS) is 11.6. The monoisotopic (exact) mass is 212 g/mol. The van der Waals surface area contributed by atoms with Gasteiger partial charge >= 0.3 is 12.0 Å². The van der Waals surface area contributed by atoms with Crippen LogP contribution in [0.5, 0.6) is 0 Å². The van der Waals surface area contributed by atoms with Crippen LogP contribution in [0.1, 0.15) is 20.3 Å². The van der Waals surface area contributed by atoms with Crippen molar-refractivity contribution in [3.63, 3.8) is 0 Å². The van der Waals surface area contributed by atoms with Gasteiger partial charge in [-0.25, -0.2) is 9.59 Å². The quantitative estimate of drug-likeness (QED) is 0.456. The van der Waals surface area contributed by atoms with E-state index in [0.717, 1.165) is 0 Å². The number of carbonyl (C=O) groups excluding carboxylic acids is 1. The van der Waals surface area contributed by atoms with Crippen LogP contribution in [0.3, 0.4) is 0 Å². The molecule has 0 fully saturated rings.